The molecule has 1 unspecified atom stereocenters. The van der Waals surface area contributed by atoms with Crippen molar-refractivity contribution in [3.63, 3.8) is 0 Å². The van der Waals surface area contributed by atoms with Crippen LogP contribution in [0.4, 0.5) is 0 Å². The van der Waals surface area contributed by atoms with Crippen molar-refractivity contribution < 1.29 is 4.74 Å². The van der Waals surface area contributed by atoms with Gasteiger partial charge in [-0.05, 0) is 36.1 Å². The lowest BCUT2D eigenvalue weighted by Gasteiger charge is -2.27. The molecule has 1 heterocycles. The van der Waals surface area contributed by atoms with Crippen LogP contribution in [-0.2, 0) is 4.74 Å². The molecule has 0 aromatic carbocycles. The van der Waals surface area contributed by atoms with E-state index in [1.807, 2.05) is 0 Å². The number of nitrogens with zero attached hydrogens (tertiary/aromatic N) is 1. The molecule has 1 fully saturated rings. The molecule has 2 nitrogen and oxygen atoms in total. The molecule has 3 heteroatoms. The topological polar surface area (TPSA) is 12.5 Å². The molecular formula is C5H10INO. The Morgan fingerprint density at radius 1 is 1.75 bits per heavy atom. The third kappa shape index (κ3) is 1.56. The Kier molecular flexibility index (Phi) is 2.52. The van der Waals surface area contributed by atoms with Crippen molar-refractivity contribution in [3.8, 4) is 0 Å². The zero-order valence-corrected chi connectivity index (χ0v) is 7.09. The summed E-state index contributed by atoms with van der Waals surface area (Å²) in [5, 5.41) is 0. The van der Waals surface area contributed by atoms with Crippen LogP contribution in [0.3, 0.4) is 0 Å². The van der Waals surface area contributed by atoms with Gasteiger partial charge in [0.2, 0.25) is 0 Å². The number of rotatable bonds is 0. The van der Waals surface area contributed by atoms with Gasteiger partial charge in [-0.25, -0.2) is 0 Å². The molecule has 1 aliphatic rings. The highest BCUT2D eigenvalue weighted by Crippen LogP contribution is 2.12. The van der Waals surface area contributed by atoms with Gasteiger partial charge in [0.05, 0.1) is 6.61 Å². The highest BCUT2D eigenvalue weighted by molar-refractivity contribution is 14.1. The van der Waals surface area contributed by atoms with Crippen LogP contribution in [0.1, 0.15) is 6.42 Å². The van der Waals surface area contributed by atoms with Gasteiger partial charge in [-0.3, -0.25) is 4.90 Å². The summed E-state index contributed by atoms with van der Waals surface area (Å²) >= 11 is 2.29. The van der Waals surface area contributed by atoms with Gasteiger partial charge in [-0.1, -0.05) is 0 Å². The molecule has 1 atom stereocenters. The summed E-state index contributed by atoms with van der Waals surface area (Å²) in [6.45, 7) is 2.10. The number of alkyl halides is 1. The van der Waals surface area contributed by atoms with Crippen LogP contribution in [0.15, 0.2) is 0 Å². The third-order valence-electron chi connectivity index (χ3n) is 1.26. The summed E-state index contributed by atoms with van der Waals surface area (Å²) in [5.41, 5.74) is 0. The van der Waals surface area contributed by atoms with Gasteiger partial charge in [0.25, 0.3) is 0 Å². The molecule has 1 saturated heterocycles. The second-order valence-electron chi connectivity index (χ2n) is 2.00. The van der Waals surface area contributed by atoms with Crippen LogP contribution >= 0.6 is 22.6 Å². The molecular weight excluding hydrogens is 217 g/mol. The summed E-state index contributed by atoms with van der Waals surface area (Å²) < 4.78 is 5.61. The van der Waals surface area contributed by atoms with E-state index in [4.69, 9.17) is 4.74 Å². The van der Waals surface area contributed by atoms with E-state index in [0.29, 0.717) is 4.23 Å². The van der Waals surface area contributed by atoms with E-state index in [-0.39, 0.29) is 0 Å². The summed E-state index contributed by atoms with van der Waals surface area (Å²) in [4.78, 5) is 2.20. The van der Waals surface area contributed by atoms with Crippen LogP contribution in [0.25, 0.3) is 0 Å². The fourth-order valence-corrected chi connectivity index (χ4v) is 1.26. The summed E-state index contributed by atoms with van der Waals surface area (Å²) in [6.07, 6.45) is 1.18. The van der Waals surface area contributed by atoms with Crippen LogP contribution in [0.5, 0.6) is 0 Å². The first kappa shape index (κ1) is 6.77. The fourth-order valence-electron chi connectivity index (χ4n) is 0.723. The molecule has 0 radical (unpaired) electrons. The monoisotopic (exact) mass is 227 g/mol. The van der Waals surface area contributed by atoms with Crippen molar-refractivity contribution >= 4 is 22.6 Å². The van der Waals surface area contributed by atoms with Crippen LogP contribution in [-0.4, -0.2) is 29.3 Å². The smallest absolute Gasteiger partial charge is 0.162 e. The average Bonchev–Trinajstić information content (AvgIpc) is 1.77. The maximum Gasteiger partial charge on any atom is 0.162 e. The Morgan fingerprint density at radius 2 is 2.50 bits per heavy atom. The number of hydrogen-bond donors (Lipinski definition) is 0. The minimum absolute atomic E-state index is 0.307. The predicted molar refractivity (Wildman–Crippen MR) is 41.0 cm³/mol. The van der Waals surface area contributed by atoms with Crippen molar-refractivity contribution in [2.24, 2.45) is 0 Å². The second kappa shape index (κ2) is 2.98. The molecule has 0 saturated carbocycles. The van der Waals surface area contributed by atoms with Crippen LogP contribution < -0.4 is 0 Å². The zero-order valence-electron chi connectivity index (χ0n) is 4.93. The van der Waals surface area contributed by atoms with E-state index in [1.54, 1.807) is 0 Å². The van der Waals surface area contributed by atoms with Crippen molar-refractivity contribution in [2.75, 3.05) is 20.2 Å². The van der Waals surface area contributed by atoms with Gasteiger partial charge in [0, 0.05) is 6.54 Å². The fraction of sp³-hybridized carbons (Fsp3) is 1.00. The predicted octanol–water partition coefficient (Wildman–Crippen LogP) is 1.06. The lowest BCUT2D eigenvalue weighted by atomic mass is 10.4. The standard InChI is InChI=1S/C5H10INO/c1-7-3-2-4-8-5(7)6/h5H,2-4H2,1H3. The van der Waals surface area contributed by atoms with Crippen LogP contribution in [0, 0.1) is 0 Å². The quantitative estimate of drug-likeness (QED) is 0.348. The second-order valence-corrected chi connectivity index (χ2v) is 3.06. The van der Waals surface area contributed by atoms with Gasteiger partial charge in [0.15, 0.2) is 4.23 Å². The molecule has 0 aromatic rings. The van der Waals surface area contributed by atoms with E-state index in [9.17, 15) is 0 Å². The lowest BCUT2D eigenvalue weighted by molar-refractivity contribution is -0.0136. The van der Waals surface area contributed by atoms with E-state index >= 15 is 0 Å². The van der Waals surface area contributed by atoms with Crippen molar-refractivity contribution in [3.05, 3.63) is 0 Å². The summed E-state index contributed by atoms with van der Waals surface area (Å²) in [7, 11) is 2.08. The Hall–Kier alpha value is 0.650. The Morgan fingerprint density at radius 3 is 2.88 bits per heavy atom. The van der Waals surface area contributed by atoms with E-state index in [0.717, 1.165) is 6.61 Å². The lowest BCUT2D eigenvalue weighted by Crippen LogP contribution is -2.35. The molecule has 1 aliphatic heterocycles. The molecule has 0 aromatic heterocycles. The minimum Gasteiger partial charge on any atom is -0.354 e. The van der Waals surface area contributed by atoms with Crippen LogP contribution in [0.2, 0.25) is 0 Å². The first-order valence-electron chi connectivity index (χ1n) is 2.76. The van der Waals surface area contributed by atoms with Gasteiger partial charge in [-0.2, -0.15) is 0 Å². The first-order valence-corrected chi connectivity index (χ1v) is 4.01. The van der Waals surface area contributed by atoms with Crippen molar-refractivity contribution in [2.45, 2.75) is 10.7 Å². The SMILES string of the molecule is CN1CCCOC1I. The van der Waals surface area contributed by atoms with E-state index in [2.05, 4.69) is 34.5 Å². The molecule has 48 valence electrons. The largest absolute Gasteiger partial charge is 0.354 e. The molecule has 0 N–H and O–H groups in total. The number of halogens is 1. The average molecular weight is 227 g/mol. The van der Waals surface area contributed by atoms with Gasteiger partial charge in [0.1, 0.15) is 0 Å². The molecule has 0 bridgehead atoms. The maximum absolute atomic E-state index is 5.30. The molecule has 0 amide bonds. The Bertz CT molecular complexity index is 68.8. The van der Waals surface area contributed by atoms with Crippen molar-refractivity contribution in [1.82, 2.24) is 4.90 Å². The minimum atomic E-state index is 0.307. The highest BCUT2D eigenvalue weighted by Gasteiger charge is 2.14. The van der Waals surface area contributed by atoms with Gasteiger partial charge >= 0.3 is 0 Å². The highest BCUT2D eigenvalue weighted by atomic mass is 127. The summed E-state index contributed by atoms with van der Waals surface area (Å²) in [6, 6.07) is 0. The molecule has 0 aliphatic carbocycles. The molecule has 0 spiro atoms. The summed E-state index contributed by atoms with van der Waals surface area (Å²) in [5.74, 6) is 0. The van der Waals surface area contributed by atoms with Gasteiger partial charge in [-0.15, -0.1) is 0 Å². The number of ether oxygens (including phenoxy) is 1. The Labute approximate surface area is 63.3 Å². The molecule has 1 rings (SSSR count). The zero-order chi connectivity index (χ0) is 5.98. The van der Waals surface area contributed by atoms with Crippen molar-refractivity contribution in [1.29, 1.82) is 0 Å². The van der Waals surface area contributed by atoms with E-state index in [1.165, 1.54) is 13.0 Å². The number of hydrogen-bond acceptors (Lipinski definition) is 2. The Balaban J connectivity index is 2.28. The maximum atomic E-state index is 5.30. The third-order valence-corrected chi connectivity index (χ3v) is 2.57. The molecule has 8 heavy (non-hydrogen) atoms. The normalized spacial score (nSPS) is 33.0. The first-order chi connectivity index (χ1) is 3.80. The van der Waals surface area contributed by atoms with E-state index < -0.39 is 0 Å². The van der Waals surface area contributed by atoms with Gasteiger partial charge < -0.3 is 4.74 Å².